The van der Waals surface area contributed by atoms with Gasteiger partial charge in [-0.15, -0.1) is 6.58 Å². The third-order valence-electron chi connectivity index (χ3n) is 2.84. The molecule has 0 heterocycles. The Bertz CT molecular complexity index is 233. The number of ether oxygens (including phenoxy) is 1. The van der Waals surface area contributed by atoms with Gasteiger partial charge in [0.25, 0.3) is 0 Å². The molecule has 0 aromatic rings. The first-order valence-electron chi connectivity index (χ1n) is 5.39. The van der Waals surface area contributed by atoms with Crippen molar-refractivity contribution >= 4 is 5.97 Å². The lowest BCUT2D eigenvalue weighted by Crippen LogP contribution is -2.48. The van der Waals surface area contributed by atoms with Crippen LogP contribution in [-0.2, 0) is 9.53 Å². The minimum atomic E-state index is -1.20. The Morgan fingerprint density at radius 2 is 2.00 bits per heavy atom. The fraction of sp³-hybridized carbons (Fsp3) is 0.750. The van der Waals surface area contributed by atoms with Crippen molar-refractivity contribution in [2.75, 3.05) is 6.61 Å². The number of esters is 1. The lowest BCUT2D eigenvalue weighted by Gasteiger charge is -2.38. The summed E-state index contributed by atoms with van der Waals surface area (Å²) in [5.74, 6) is -0.388. The number of carbonyl (C=O) groups is 1. The van der Waals surface area contributed by atoms with Gasteiger partial charge in [-0.2, -0.15) is 0 Å². The molecule has 0 amide bonds. The van der Waals surface area contributed by atoms with Gasteiger partial charge in [0, 0.05) is 0 Å². The molecule has 0 saturated carbocycles. The van der Waals surface area contributed by atoms with Crippen molar-refractivity contribution in [2.24, 2.45) is 5.41 Å². The molecule has 88 valence electrons. The normalized spacial score (nSPS) is 15.5. The van der Waals surface area contributed by atoms with E-state index in [1.54, 1.807) is 20.8 Å². The van der Waals surface area contributed by atoms with E-state index in [-0.39, 0.29) is 5.97 Å². The van der Waals surface area contributed by atoms with Gasteiger partial charge in [0.1, 0.15) is 0 Å². The maximum absolute atomic E-state index is 11.7. The zero-order chi connectivity index (χ0) is 12.1. The van der Waals surface area contributed by atoms with Gasteiger partial charge >= 0.3 is 5.97 Å². The highest BCUT2D eigenvalue weighted by molar-refractivity contribution is 5.78. The Morgan fingerprint density at radius 1 is 1.47 bits per heavy atom. The second-order valence-electron chi connectivity index (χ2n) is 4.22. The van der Waals surface area contributed by atoms with Crippen LogP contribution in [0.5, 0.6) is 0 Å². The van der Waals surface area contributed by atoms with Gasteiger partial charge in [-0.05, 0) is 27.2 Å². The molecule has 0 saturated heterocycles. The fourth-order valence-electron chi connectivity index (χ4n) is 1.54. The highest BCUT2D eigenvalue weighted by atomic mass is 16.5. The van der Waals surface area contributed by atoms with E-state index in [9.17, 15) is 9.90 Å². The zero-order valence-corrected chi connectivity index (χ0v) is 10.2. The molecule has 0 fully saturated rings. The molecule has 0 spiro atoms. The van der Waals surface area contributed by atoms with Crippen LogP contribution < -0.4 is 0 Å². The predicted molar refractivity (Wildman–Crippen MR) is 60.5 cm³/mol. The van der Waals surface area contributed by atoms with E-state index in [1.165, 1.54) is 6.08 Å². The minimum Gasteiger partial charge on any atom is -0.465 e. The maximum Gasteiger partial charge on any atom is 0.314 e. The number of rotatable bonds is 6. The molecule has 0 aliphatic carbocycles. The Kier molecular flexibility index (Phi) is 5.01. The molecular weight excluding hydrogens is 192 g/mol. The monoisotopic (exact) mass is 214 g/mol. The molecule has 15 heavy (non-hydrogen) atoms. The Balaban J connectivity index is 4.94. The molecule has 0 aliphatic heterocycles. The number of carbonyl (C=O) groups excluding carboxylic acids is 1. The second-order valence-corrected chi connectivity index (χ2v) is 4.22. The third kappa shape index (κ3) is 2.81. The zero-order valence-electron chi connectivity index (χ0n) is 10.2. The average molecular weight is 214 g/mol. The summed E-state index contributed by atoms with van der Waals surface area (Å²) in [6.07, 6.45) is 2.72. The summed E-state index contributed by atoms with van der Waals surface area (Å²) < 4.78 is 4.95. The first-order chi connectivity index (χ1) is 6.85. The lowest BCUT2D eigenvalue weighted by atomic mass is 9.72. The van der Waals surface area contributed by atoms with Gasteiger partial charge in [0.05, 0.1) is 17.6 Å². The lowest BCUT2D eigenvalue weighted by molar-refractivity contribution is -0.166. The van der Waals surface area contributed by atoms with Crippen molar-refractivity contribution in [3.63, 3.8) is 0 Å². The van der Waals surface area contributed by atoms with Gasteiger partial charge < -0.3 is 9.84 Å². The van der Waals surface area contributed by atoms with E-state index in [0.29, 0.717) is 13.0 Å². The Morgan fingerprint density at radius 3 is 2.33 bits per heavy atom. The summed E-state index contributed by atoms with van der Waals surface area (Å²) in [5.41, 5.74) is -2.16. The van der Waals surface area contributed by atoms with Crippen molar-refractivity contribution < 1.29 is 14.6 Å². The maximum atomic E-state index is 11.7. The van der Waals surface area contributed by atoms with E-state index < -0.39 is 11.0 Å². The van der Waals surface area contributed by atoms with Crippen LogP contribution in [0.2, 0.25) is 0 Å². The van der Waals surface area contributed by atoms with Crippen LogP contribution in [0.25, 0.3) is 0 Å². The molecule has 1 N–H and O–H groups in total. The van der Waals surface area contributed by atoms with Crippen molar-refractivity contribution in [1.29, 1.82) is 0 Å². The predicted octanol–water partition coefficient (Wildman–Crippen LogP) is 2.29. The molecule has 1 atom stereocenters. The SMILES string of the molecule is C=CC(O)(CCC)C(C)(C)C(=O)OCC. The number of hydrogen-bond acceptors (Lipinski definition) is 3. The first-order valence-corrected chi connectivity index (χ1v) is 5.39. The van der Waals surface area contributed by atoms with Crippen molar-refractivity contribution in [3.05, 3.63) is 12.7 Å². The average Bonchev–Trinajstić information content (AvgIpc) is 2.18. The van der Waals surface area contributed by atoms with Crippen LogP contribution in [0.1, 0.15) is 40.5 Å². The van der Waals surface area contributed by atoms with E-state index in [2.05, 4.69) is 6.58 Å². The molecule has 1 unspecified atom stereocenters. The molecule has 3 nitrogen and oxygen atoms in total. The highest BCUT2D eigenvalue weighted by Gasteiger charge is 2.47. The summed E-state index contributed by atoms with van der Waals surface area (Å²) in [5, 5.41) is 10.3. The highest BCUT2D eigenvalue weighted by Crippen LogP contribution is 2.36. The molecular formula is C12H22O3. The molecule has 0 aliphatic rings. The molecule has 0 rings (SSSR count). The molecule has 0 aromatic carbocycles. The fourth-order valence-corrected chi connectivity index (χ4v) is 1.54. The van der Waals surface area contributed by atoms with E-state index in [4.69, 9.17) is 4.74 Å². The van der Waals surface area contributed by atoms with Crippen molar-refractivity contribution in [1.82, 2.24) is 0 Å². The van der Waals surface area contributed by atoms with Gasteiger partial charge in [0.15, 0.2) is 0 Å². The number of hydrogen-bond donors (Lipinski definition) is 1. The third-order valence-corrected chi connectivity index (χ3v) is 2.84. The van der Waals surface area contributed by atoms with Crippen molar-refractivity contribution in [3.8, 4) is 0 Å². The standard InChI is InChI=1S/C12H22O3/c1-6-9-12(14,7-2)11(4,5)10(13)15-8-3/h7,14H,2,6,8-9H2,1,3-5H3. The minimum absolute atomic E-state index is 0.321. The first kappa shape index (κ1) is 14.2. The van der Waals surface area contributed by atoms with Gasteiger partial charge in [-0.25, -0.2) is 0 Å². The smallest absolute Gasteiger partial charge is 0.314 e. The van der Waals surface area contributed by atoms with E-state index >= 15 is 0 Å². The van der Waals surface area contributed by atoms with Crippen LogP contribution in [0.4, 0.5) is 0 Å². The van der Waals surface area contributed by atoms with Gasteiger partial charge in [-0.3, -0.25) is 4.79 Å². The van der Waals surface area contributed by atoms with Gasteiger partial charge in [0.2, 0.25) is 0 Å². The Hall–Kier alpha value is -0.830. The topological polar surface area (TPSA) is 46.5 Å². The Labute approximate surface area is 92.1 Å². The summed E-state index contributed by atoms with van der Waals surface area (Å²) in [6.45, 7) is 11.0. The molecule has 3 heteroatoms. The van der Waals surface area contributed by atoms with Crippen molar-refractivity contribution in [2.45, 2.75) is 46.1 Å². The summed E-state index contributed by atoms with van der Waals surface area (Å²) in [7, 11) is 0. The number of aliphatic hydroxyl groups is 1. The largest absolute Gasteiger partial charge is 0.465 e. The van der Waals surface area contributed by atoms with Crippen LogP contribution in [0.15, 0.2) is 12.7 Å². The molecule has 0 aromatic heterocycles. The molecule has 0 radical (unpaired) electrons. The summed E-state index contributed by atoms with van der Waals surface area (Å²) >= 11 is 0. The van der Waals surface area contributed by atoms with Crippen LogP contribution >= 0.6 is 0 Å². The van der Waals surface area contributed by atoms with Crippen LogP contribution in [0.3, 0.4) is 0 Å². The second kappa shape index (κ2) is 5.31. The summed E-state index contributed by atoms with van der Waals surface area (Å²) in [4.78, 5) is 11.7. The molecule has 0 bridgehead atoms. The quantitative estimate of drug-likeness (QED) is 0.545. The van der Waals surface area contributed by atoms with E-state index in [0.717, 1.165) is 6.42 Å². The van der Waals surface area contributed by atoms with Crippen LogP contribution in [-0.4, -0.2) is 23.3 Å². The van der Waals surface area contributed by atoms with Crippen LogP contribution in [0, 0.1) is 5.41 Å². The summed E-state index contributed by atoms with van der Waals surface area (Å²) in [6, 6.07) is 0. The van der Waals surface area contributed by atoms with Gasteiger partial charge in [-0.1, -0.05) is 19.4 Å². The van der Waals surface area contributed by atoms with E-state index in [1.807, 2.05) is 6.92 Å².